The van der Waals surface area contributed by atoms with Crippen molar-refractivity contribution in [1.82, 2.24) is 25.1 Å². The molecule has 150 valence electrons. The van der Waals surface area contributed by atoms with Crippen molar-refractivity contribution in [1.29, 1.82) is 0 Å². The second kappa shape index (κ2) is 7.46. The lowest BCUT2D eigenvalue weighted by Crippen LogP contribution is -2.42. The van der Waals surface area contributed by atoms with E-state index in [9.17, 15) is 4.79 Å². The van der Waals surface area contributed by atoms with Crippen molar-refractivity contribution in [2.75, 3.05) is 18.0 Å². The zero-order valence-electron chi connectivity index (χ0n) is 16.7. The molecule has 5 rings (SSSR count). The SMILES string of the molecule is Cc1ccc2c(c1)C(NC(=O)C1CCN(c3ccc4nncn4n3)CC1)CCC2. The minimum Gasteiger partial charge on any atom is -0.355 e. The molecule has 3 heterocycles. The molecule has 1 unspecified atom stereocenters. The topological polar surface area (TPSA) is 75.4 Å². The van der Waals surface area contributed by atoms with Crippen molar-refractivity contribution in [2.24, 2.45) is 5.92 Å². The van der Waals surface area contributed by atoms with Crippen LogP contribution in [0.4, 0.5) is 5.82 Å². The lowest BCUT2D eigenvalue weighted by atomic mass is 9.86. The predicted molar refractivity (Wildman–Crippen MR) is 111 cm³/mol. The summed E-state index contributed by atoms with van der Waals surface area (Å²) in [5.41, 5.74) is 4.70. The Morgan fingerprint density at radius 2 is 2.00 bits per heavy atom. The maximum Gasteiger partial charge on any atom is 0.223 e. The molecule has 1 saturated heterocycles. The van der Waals surface area contributed by atoms with Gasteiger partial charge in [-0.05, 0) is 62.3 Å². The summed E-state index contributed by atoms with van der Waals surface area (Å²) < 4.78 is 1.69. The number of carbonyl (C=O) groups excluding carboxylic acids is 1. The van der Waals surface area contributed by atoms with Crippen LogP contribution in [0.2, 0.25) is 0 Å². The lowest BCUT2D eigenvalue weighted by molar-refractivity contribution is -0.126. The van der Waals surface area contributed by atoms with E-state index in [0.29, 0.717) is 0 Å². The number of nitrogens with zero attached hydrogens (tertiary/aromatic N) is 5. The third kappa shape index (κ3) is 3.57. The molecule has 1 N–H and O–H groups in total. The van der Waals surface area contributed by atoms with Crippen molar-refractivity contribution in [3.8, 4) is 0 Å². The molecule has 3 aromatic rings. The standard InChI is InChI=1S/C22H26N6O/c1-15-5-6-16-3-2-4-19(18(16)13-15)24-22(29)17-9-11-27(12-10-17)21-8-7-20-25-23-14-28(20)26-21/h5-8,13-14,17,19H,2-4,9-12H2,1H3,(H,24,29). The maximum atomic E-state index is 13.0. The summed E-state index contributed by atoms with van der Waals surface area (Å²) in [6.07, 6.45) is 6.59. The number of piperidine rings is 1. The monoisotopic (exact) mass is 390 g/mol. The smallest absolute Gasteiger partial charge is 0.223 e. The first-order chi connectivity index (χ1) is 14.2. The number of hydrogen-bond acceptors (Lipinski definition) is 5. The van der Waals surface area contributed by atoms with Gasteiger partial charge >= 0.3 is 0 Å². The van der Waals surface area contributed by atoms with Crippen molar-refractivity contribution >= 4 is 17.4 Å². The average Bonchev–Trinajstić information content (AvgIpc) is 3.22. The fourth-order valence-electron chi connectivity index (χ4n) is 4.62. The zero-order chi connectivity index (χ0) is 19.8. The Morgan fingerprint density at radius 1 is 1.14 bits per heavy atom. The van der Waals surface area contributed by atoms with Gasteiger partial charge in [0.2, 0.25) is 5.91 Å². The van der Waals surface area contributed by atoms with E-state index in [2.05, 4.69) is 50.6 Å². The molecule has 1 aromatic carbocycles. The van der Waals surface area contributed by atoms with E-state index >= 15 is 0 Å². The van der Waals surface area contributed by atoms with Gasteiger partial charge in [-0.1, -0.05) is 23.8 Å². The Labute approximate surface area is 170 Å². The maximum absolute atomic E-state index is 13.0. The molecule has 0 radical (unpaired) electrons. The van der Waals surface area contributed by atoms with Crippen LogP contribution in [-0.2, 0) is 11.2 Å². The minimum atomic E-state index is 0.0695. The Hall–Kier alpha value is -2.96. The summed E-state index contributed by atoms with van der Waals surface area (Å²) in [4.78, 5) is 15.2. The first-order valence-corrected chi connectivity index (χ1v) is 10.5. The van der Waals surface area contributed by atoms with E-state index in [4.69, 9.17) is 0 Å². The number of rotatable bonds is 3. The molecule has 29 heavy (non-hydrogen) atoms. The summed E-state index contributed by atoms with van der Waals surface area (Å²) in [6, 6.07) is 10.7. The number of anilines is 1. The summed E-state index contributed by atoms with van der Waals surface area (Å²) in [7, 11) is 0. The zero-order valence-corrected chi connectivity index (χ0v) is 16.7. The van der Waals surface area contributed by atoms with Gasteiger partial charge < -0.3 is 10.2 Å². The minimum absolute atomic E-state index is 0.0695. The first kappa shape index (κ1) is 18.1. The molecule has 2 aliphatic rings. The number of carbonyl (C=O) groups is 1. The summed E-state index contributed by atoms with van der Waals surface area (Å²) in [5.74, 6) is 1.18. The quantitative estimate of drug-likeness (QED) is 0.744. The van der Waals surface area contributed by atoms with Crippen LogP contribution in [0.3, 0.4) is 0 Å². The molecule has 1 aliphatic carbocycles. The van der Waals surface area contributed by atoms with E-state index in [1.807, 2.05) is 12.1 Å². The molecule has 1 fully saturated rings. The fourth-order valence-corrected chi connectivity index (χ4v) is 4.62. The molecule has 0 spiro atoms. The molecule has 7 nitrogen and oxygen atoms in total. The third-order valence-electron chi connectivity index (χ3n) is 6.27. The Bertz CT molecular complexity index is 1040. The molecule has 1 amide bonds. The van der Waals surface area contributed by atoms with Gasteiger partial charge in [0.05, 0.1) is 6.04 Å². The summed E-state index contributed by atoms with van der Waals surface area (Å²) in [5, 5.41) is 15.8. The van der Waals surface area contributed by atoms with Crippen molar-refractivity contribution in [3.63, 3.8) is 0 Å². The number of hydrogen-bond donors (Lipinski definition) is 1. The molecule has 2 aromatic heterocycles. The van der Waals surface area contributed by atoms with E-state index in [-0.39, 0.29) is 17.9 Å². The van der Waals surface area contributed by atoms with Crippen molar-refractivity contribution in [3.05, 3.63) is 53.3 Å². The molecular weight excluding hydrogens is 364 g/mol. The van der Waals surface area contributed by atoms with E-state index in [0.717, 1.165) is 56.7 Å². The highest BCUT2D eigenvalue weighted by Gasteiger charge is 2.29. The first-order valence-electron chi connectivity index (χ1n) is 10.5. The number of nitrogens with one attached hydrogen (secondary N) is 1. The second-order valence-corrected chi connectivity index (χ2v) is 8.24. The van der Waals surface area contributed by atoms with Gasteiger partial charge in [0, 0.05) is 19.0 Å². The highest BCUT2D eigenvalue weighted by Crippen LogP contribution is 2.31. The largest absolute Gasteiger partial charge is 0.355 e. The highest BCUT2D eigenvalue weighted by molar-refractivity contribution is 5.79. The molecular formula is C22H26N6O. The molecule has 0 saturated carbocycles. The summed E-state index contributed by atoms with van der Waals surface area (Å²) in [6.45, 7) is 3.78. The van der Waals surface area contributed by atoms with Gasteiger partial charge in [-0.25, -0.2) is 0 Å². The Kier molecular flexibility index (Phi) is 4.66. The van der Waals surface area contributed by atoms with Gasteiger partial charge in [-0.2, -0.15) is 4.52 Å². The van der Waals surface area contributed by atoms with Gasteiger partial charge in [0.25, 0.3) is 0 Å². The van der Waals surface area contributed by atoms with E-state index in [1.54, 1.807) is 10.8 Å². The molecule has 1 atom stereocenters. The molecule has 0 bridgehead atoms. The average molecular weight is 390 g/mol. The van der Waals surface area contributed by atoms with Gasteiger partial charge in [-0.15, -0.1) is 15.3 Å². The third-order valence-corrected chi connectivity index (χ3v) is 6.27. The van der Waals surface area contributed by atoms with Crippen molar-refractivity contribution < 1.29 is 4.79 Å². The Morgan fingerprint density at radius 3 is 2.86 bits per heavy atom. The lowest BCUT2D eigenvalue weighted by Gasteiger charge is -2.33. The fraction of sp³-hybridized carbons (Fsp3) is 0.455. The van der Waals surface area contributed by atoms with Gasteiger partial charge in [0.15, 0.2) is 5.65 Å². The predicted octanol–water partition coefficient (Wildman–Crippen LogP) is 2.84. The molecule has 7 heteroatoms. The second-order valence-electron chi connectivity index (χ2n) is 8.24. The normalized spacial score (nSPS) is 19.9. The van der Waals surface area contributed by atoms with E-state index < -0.39 is 0 Å². The summed E-state index contributed by atoms with van der Waals surface area (Å²) >= 11 is 0. The van der Waals surface area contributed by atoms with Gasteiger partial charge in [-0.3, -0.25) is 4.79 Å². The van der Waals surface area contributed by atoms with Crippen LogP contribution in [0.1, 0.15) is 48.4 Å². The number of aromatic nitrogens is 4. The van der Waals surface area contributed by atoms with Crippen LogP contribution in [0.15, 0.2) is 36.7 Å². The molecule has 1 aliphatic heterocycles. The Balaban J connectivity index is 1.22. The van der Waals surface area contributed by atoms with Crippen LogP contribution in [-0.4, -0.2) is 38.8 Å². The number of benzene rings is 1. The van der Waals surface area contributed by atoms with Crippen molar-refractivity contribution in [2.45, 2.75) is 45.1 Å². The van der Waals surface area contributed by atoms with Crippen LogP contribution >= 0.6 is 0 Å². The van der Waals surface area contributed by atoms with Crippen LogP contribution in [0.25, 0.3) is 5.65 Å². The van der Waals surface area contributed by atoms with Crippen LogP contribution < -0.4 is 10.2 Å². The van der Waals surface area contributed by atoms with Crippen LogP contribution in [0, 0.1) is 12.8 Å². The van der Waals surface area contributed by atoms with Gasteiger partial charge in [0.1, 0.15) is 12.1 Å². The number of fused-ring (bicyclic) bond motifs is 2. The highest BCUT2D eigenvalue weighted by atomic mass is 16.2. The van der Waals surface area contributed by atoms with E-state index in [1.165, 1.54) is 16.7 Å². The number of amides is 1. The van der Waals surface area contributed by atoms with Crippen LogP contribution in [0.5, 0.6) is 0 Å². The number of aryl methyl sites for hydroxylation is 2.